The Bertz CT molecular complexity index is 194. The molecule has 3 heteroatoms. The van der Waals surface area contributed by atoms with E-state index < -0.39 is 0 Å². The van der Waals surface area contributed by atoms with Gasteiger partial charge >= 0.3 is 0 Å². The molecule has 0 aliphatic carbocycles. The highest BCUT2D eigenvalue weighted by atomic mass is 16.5. The molecule has 0 spiro atoms. The lowest BCUT2D eigenvalue weighted by atomic mass is 10.4. The first kappa shape index (κ1) is 9.29. The predicted molar refractivity (Wildman–Crippen MR) is 44.8 cm³/mol. The van der Waals surface area contributed by atoms with Crippen molar-refractivity contribution in [3.8, 4) is 0 Å². The SMILES string of the molecule is COCC(C)OCc1ccco1. The Morgan fingerprint density at radius 3 is 3.00 bits per heavy atom. The van der Waals surface area contributed by atoms with Gasteiger partial charge in [0.05, 0.1) is 19.0 Å². The van der Waals surface area contributed by atoms with Crippen LogP contribution in [0.5, 0.6) is 0 Å². The molecule has 1 atom stereocenters. The maximum Gasteiger partial charge on any atom is 0.129 e. The molecule has 1 heterocycles. The van der Waals surface area contributed by atoms with Gasteiger partial charge in [-0.2, -0.15) is 0 Å². The Morgan fingerprint density at radius 1 is 1.58 bits per heavy atom. The van der Waals surface area contributed by atoms with Crippen LogP contribution in [0.1, 0.15) is 12.7 Å². The molecule has 0 saturated heterocycles. The summed E-state index contributed by atoms with van der Waals surface area (Å²) in [5.41, 5.74) is 0. The van der Waals surface area contributed by atoms with Gasteiger partial charge in [-0.05, 0) is 19.1 Å². The maximum atomic E-state index is 5.41. The Morgan fingerprint density at radius 2 is 2.42 bits per heavy atom. The van der Waals surface area contributed by atoms with Crippen LogP contribution in [0.4, 0.5) is 0 Å². The van der Waals surface area contributed by atoms with Gasteiger partial charge in [0, 0.05) is 7.11 Å². The molecule has 1 aromatic heterocycles. The quantitative estimate of drug-likeness (QED) is 0.675. The molecule has 68 valence electrons. The summed E-state index contributed by atoms with van der Waals surface area (Å²) in [5.74, 6) is 0.845. The second kappa shape index (κ2) is 4.95. The molecule has 3 nitrogen and oxygen atoms in total. The smallest absolute Gasteiger partial charge is 0.129 e. The molecule has 0 aliphatic rings. The second-order valence-electron chi connectivity index (χ2n) is 2.66. The lowest BCUT2D eigenvalue weighted by Crippen LogP contribution is -2.14. The minimum absolute atomic E-state index is 0.111. The summed E-state index contributed by atoms with van der Waals surface area (Å²) < 4.78 is 15.4. The Balaban J connectivity index is 2.17. The highest BCUT2D eigenvalue weighted by Crippen LogP contribution is 2.03. The minimum atomic E-state index is 0.111. The fourth-order valence-corrected chi connectivity index (χ4v) is 0.902. The third kappa shape index (κ3) is 3.07. The third-order valence-electron chi connectivity index (χ3n) is 1.49. The number of hydrogen-bond donors (Lipinski definition) is 0. The van der Waals surface area contributed by atoms with Crippen molar-refractivity contribution in [3.05, 3.63) is 24.2 Å². The molecule has 0 fully saturated rings. The van der Waals surface area contributed by atoms with Crippen LogP contribution >= 0.6 is 0 Å². The molecule has 0 N–H and O–H groups in total. The molecule has 12 heavy (non-hydrogen) atoms. The van der Waals surface area contributed by atoms with Gasteiger partial charge in [-0.15, -0.1) is 0 Å². The molecule has 0 aliphatic heterocycles. The van der Waals surface area contributed by atoms with E-state index >= 15 is 0 Å². The molecule has 1 unspecified atom stereocenters. The number of rotatable bonds is 5. The number of furan rings is 1. The van der Waals surface area contributed by atoms with Gasteiger partial charge in [0.15, 0.2) is 0 Å². The molecular weight excluding hydrogens is 156 g/mol. The van der Waals surface area contributed by atoms with Crippen LogP contribution in [-0.2, 0) is 16.1 Å². The van der Waals surface area contributed by atoms with E-state index in [0.717, 1.165) is 5.76 Å². The third-order valence-corrected chi connectivity index (χ3v) is 1.49. The van der Waals surface area contributed by atoms with Crippen LogP contribution in [0.2, 0.25) is 0 Å². The zero-order valence-electron chi connectivity index (χ0n) is 7.45. The first-order chi connectivity index (χ1) is 5.83. The molecule has 0 amide bonds. The molecule has 1 rings (SSSR count). The van der Waals surface area contributed by atoms with Gasteiger partial charge in [-0.25, -0.2) is 0 Å². The Kier molecular flexibility index (Phi) is 3.84. The molecule has 0 bridgehead atoms. The van der Waals surface area contributed by atoms with E-state index in [0.29, 0.717) is 13.2 Å². The van der Waals surface area contributed by atoms with E-state index in [2.05, 4.69) is 0 Å². The molecule has 0 aromatic carbocycles. The largest absolute Gasteiger partial charge is 0.467 e. The topological polar surface area (TPSA) is 31.6 Å². The van der Waals surface area contributed by atoms with Crippen molar-refractivity contribution in [2.75, 3.05) is 13.7 Å². The normalized spacial score (nSPS) is 13.2. The van der Waals surface area contributed by atoms with Gasteiger partial charge in [0.1, 0.15) is 12.4 Å². The predicted octanol–water partition coefficient (Wildman–Crippen LogP) is 1.83. The van der Waals surface area contributed by atoms with Crippen LogP contribution < -0.4 is 0 Å². The Labute approximate surface area is 72.3 Å². The summed E-state index contributed by atoms with van der Waals surface area (Å²) >= 11 is 0. The summed E-state index contributed by atoms with van der Waals surface area (Å²) in [6, 6.07) is 3.74. The van der Waals surface area contributed by atoms with Crippen molar-refractivity contribution in [1.29, 1.82) is 0 Å². The van der Waals surface area contributed by atoms with E-state index in [9.17, 15) is 0 Å². The van der Waals surface area contributed by atoms with Crippen molar-refractivity contribution in [3.63, 3.8) is 0 Å². The van der Waals surface area contributed by atoms with Crippen molar-refractivity contribution >= 4 is 0 Å². The van der Waals surface area contributed by atoms with Gasteiger partial charge in [-0.3, -0.25) is 0 Å². The first-order valence-corrected chi connectivity index (χ1v) is 3.96. The first-order valence-electron chi connectivity index (χ1n) is 3.96. The van der Waals surface area contributed by atoms with Gasteiger partial charge < -0.3 is 13.9 Å². The summed E-state index contributed by atoms with van der Waals surface area (Å²) in [4.78, 5) is 0. The van der Waals surface area contributed by atoms with E-state index in [-0.39, 0.29) is 6.10 Å². The molecular formula is C9H14O3. The number of methoxy groups -OCH3 is 1. The van der Waals surface area contributed by atoms with Crippen molar-refractivity contribution in [1.82, 2.24) is 0 Å². The second-order valence-corrected chi connectivity index (χ2v) is 2.66. The highest BCUT2D eigenvalue weighted by molar-refractivity contribution is 4.96. The van der Waals surface area contributed by atoms with Crippen LogP contribution in [0, 0.1) is 0 Å². The van der Waals surface area contributed by atoms with Gasteiger partial charge in [0.25, 0.3) is 0 Å². The molecule has 0 radical (unpaired) electrons. The zero-order valence-corrected chi connectivity index (χ0v) is 7.45. The maximum absolute atomic E-state index is 5.41. The fraction of sp³-hybridized carbons (Fsp3) is 0.556. The molecule has 1 aromatic rings. The van der Waals surface area contributed by atoms with E-state index in [1.54, 1.807) is 13.4 Å². The lowest BCUT2D eigenvalue weighted by Gasteiger charge is -2.09. The number of hydrogen-bond acceptors (Lipinski definition) is 3. The van der Waals surface area contributed by atoms with Crippen LogP contribution in [-0.4, -0.2) is 19.8 Å². The zero-order chi connectivity index (χ0) is 8.81. The van der Waals surface area contributed by atoms with E-state index in [4.69, 9.17) is 13.9 Å². The van der Waals surface area contributed by atoms with Gasteiger partial charge in [0.2, 0.25) is 0 Å². The van der Waals surface area contributed by atoms with Crippen molar-refractivity contribution < 1.29 is 13.9 Å². The molecule has 0 saturated carbocycles. The summed E-state index contributed by atoms with van der Waals surface area (Å²) in [7, 11) is 1.66. The van der Waals surface area contributed by atoms with Crippen LogP contribution in [0.3, 0.4) is 0 Å². The highest BCUT2D eigenvalue weighted by Gasteiger charge is 2.02. The monoisotopic (exact) mass is 170 g/mol. The van der Waals surface area contributed by atoms with Crippen LogP contribution in [0.15, 0.2) is 22.8 Å². The fourth-order valence-electron chi connectivity index (χ4n) is 0.902. The summed E-state index contributed by atoms with van der Waals surface area (Å²) in [6.45, 7) is 3.09. The van der Waals surface area contributed by atoms with Crippen molar-refractivity contribution in [2.45, 2.75) is 19.6 Å². The van der Waals surface area contributed by atoms with Gasteiger partial charge in [-0.1, -0.05) is 0 Å². The van der Waals surface area contributed by atoms with E-state index in [1.165, 1.54) is 0 Å². The minimum Gasteiger partial charge on any atom is -0.467 e. The average molecular weight is 170 g/mol. The lowest BCUT2D eigenvalue weighted by molar-refractivity contribution is -0.00635. The van der Waals surface area contributed by atoms with E-state index in [1.807, 2.05) is 19.1 Å². The summed E-state index contributed by atoms with van der Waals surface area (Å²) in [6.07, 6.45) is 1.75. The standard InChI is InChI=1S/C9H14O3/c1-8(6-10-2)12-7-9-4-3-5-11-9/h3-5,8H,6-7H2,1-2H3. The average Bonchev–Trinajstić information content (AvgIpc) is 2.53. The summed E-state index contributed by atoms with van der Waals surface area (Å²) in [5, 5.41) is 0. The van der Waals surface area contributed by atoms with Crippen LogP contribution in [0.25, 0.3) is 0 Å². The van der Waals surface area contributed by atoms with Crippen molar-refractivity contribution in [2.24, 2.45) is 0 Å². The number of ether oxygens (including phenoxy) is 2. The Hall–Kier alpha value is -0.800.